The molecule has 27 heavy (non-hydrogen) atoms. The largest absolute Gasteiger partial charge is 0.584 e. The van der Waals surface area contributed by atoms with E-state index in [0.717, 1.165) is 0 Å². The van der Waals surface area contributed by atoms with E-state index in [0.29, 0.717) is 17.5 Å². The molecular formula is C21H19O5P. The van der Waals surface area contributed by atoms with Crippen LogP contribution in [0.3, 0.4) is 0 Å². The Morgan fingerprint density at radius 3 is 2.11 bits per heavy atom. The molecule has 0 fully saturated rings. The van der Waals surface area contributed by atoms with Crippen molar-refractivity contribution in [2.75, 3.05) is 0 Å². The predicted molar refractivity (Wildman–Crippen MR) is 103 cm³/mol. The molecule has 138 valence electrons. The molecule has 0 aliphatic heterocycles. The first-order chi connectivity index (χ1) is 13.0. The van der Waals surface area contributed by atoms with Gasteiger partial charge in [-0.25, -0.2) is 4.57 Å². The van der Waals surface area contributed by atoms with Crippen molar-refractivity contribution in [3.8, 4) is 11.5 Å². The lowest BCUT2D eigenvalue weighted by molar-refractivity contribution is 0.0983. The summed E-state index contributed by atoms with van der Waals surface area (Å²) in [5.41, 5.74) is 1.30. The summed E-state index contributed by atoms with van der Waals surface area (Å²) in [6.45, 7) is 0. The van der Waals surface area contributed by atoms with Gasteiger partial charge in [0.05, 0.1) is 0 Å². The highest BCUT2D eigenvalue weighted by Crippen LogP contribution is 2.45. The van der Waals surface area contributed by atoms with E-state index < -0.39 is 7.82 Å². The van der Waals surface area contributed by atoms with Crippen LogP contribution in [0.1, 0.15) is 22.3 Å². The molecule has 0 amide bonds. The second kappa shape index (κ2) is 8.67. The molecule has 0 heterocycles. The van der Waals surface area contributed by atoms with Crippen molar-refractivity contribution in [2.24, 2.45) is 0 Å². The Labute approximate surface area is 157 Å². The molecule has 0 aromatic heterocycles. The van der Waals surface area contributed by atoms with E-state index in [1.165, 1.54) is 0 Å². The van der Waals surface area contributed by atoms with E-state index in [1.54, 1.807) is 66.7 Å². The van der Waals surface area contributed by atoms with Gasteiger partial charge in [-0.05, 0) is 30.2 Å². The van der Waals surface area contributed by atoms with Crippen LogP contribution >= 0.6 is 7.82 Å². The summed E-state index contributed by atoms with van der Waals surface area (Å²) >= 11 is 0. The van der Waals surface area contributed by atoms with Gasteiger partial charge in [0.1, 0.15) is 11.5 Å². The number of aryl methyl sites for hydroxylation is 1. The highest BCUT2D eigenvalue weighted by molar-refractivity contribution is 7.48. The molecule has 0 saturated carbocycles. The molecule has 0 bridgehead atoms. The van der Waals surface area contributed by atoms with Gasteiger partial charge in [0.2, 0.25) is 0 Å². The fourth-order valence-electron chi connectivity index (χ4n) is 2.57. The first-order valence-electron chi connectivity index (χ1n) is 8.47. The van der Waals surface area contributed by atoms with Crippen molar-refractivity contribution in [1.29, 1.82) is 0 Å². The molecule has 0 aliphatic rings. The number of phosphoric acid groups is 1. The fourth-order valence-corrected chi connectivity index (χ4v) is 3.43. The summed E-state index contributed by atoms with van der Waals surface area (Å²) in [7, 11) is -4.35. The van der Waals surface area contributed by atoms with Crippen LogP contribution in [-0.4, -0.2) is 10.7 Å². The monoisotopic (exact) mass is 382 g/mol. The third kappa shape index (κ3) is 5.55. The highest BCUT2D eigenvalue weighted by Gasteiger charge is 2.26. The molecule has 0 saturated heterocycles. The minimum Gasteiger partial charge on any atom is -0.395 e. The van der Waals surface area contributed by atoms with Crippen molar-refractivity contribution in [3.63, 3.8) is 0 Å². The van der Waals surface area contributed by atoms with Crippen molar-refractivity contribution >= 4 is 13.6 Å². The smallest absolute Gasteiger partial charge is 0.395 e. The van der Waals surface area contributed by atoms with Gasteiger partial charge in [-0.15, -0.1) is 0 Å². The summed E-state index contributed by atoms with van der Waals surface area (Å²) in [6.07, 6.45) is 0.648. The molecule has 6 heteroatoms. The van der Waals surface area contributed by atoms with Gasteiger partial charge in [0, 0.05) is 12.0 Å². The van der Waals surface area contributed by atoms with Gasteiger partial charge in [0.15, 0.2) is 5.78 Å². The molecule has 0 aliphatic carbocycles. The Morgan fingerprint density at radius 1 is 0.815 bits per heavy atom. The van der Waals surface area contributed by atoms with Crippen molar-refractivity contribution in [3.05, 3.63) is 96.1 Å². The molecule has 3 rings (SSSR count). The van der Waals surface area contributed by atoms with Crippen molar-refractivity contribution in [2.45, 2.75) is 12.8 Å². The second-order valence-electron chi connectivity index (χ2n) is 5.86. The lowest BCUT2D eigenvalue weighted by atomic mass is 10.0. The minimum atomic E-state index is -4.35. The standard InChI is InChI=1S/C21H19O5P/c22-20(17-9-3-1-4-10-17)16-15-18-11-7-8-14-21(18)26-27(23,24)25-19-12-5-2-6-13-19/h1-14H,15-16H2,(H,23,24). The minimum absolute atomic E-state index is 0.00174. The average Bonchev–Trinajstić information content (AvgIpc) is 2.68. The summed E-state index contributed by atoms with van der Waals surface area (Å²) in [4.78, 5) is 22.3. The van der Waals surface area contributed by atoms with Gasteiger partial charge in [-0.1, -0.05) is 66.7 Å². The number of rotatable bonds is 8. The number of carbonyl (C=O) groups is 1. The van der Waals surface area contributed by atoms with E-state index in [1.807, 2.05) is 18.2 Å². The quantitative estimate of drug-likeness (QED) is 0.435. The first kappa shape index (κ1) is 18.9. The topological polar surface area (TPSA) is 72.8 Å². The Morgan fingerprint density at radius 2 is 1.41 bits per heavy atom. The van der Waals surface area contributed by atoms with Gasteiger partial charge in [0.25, 0.3) is 0 Å². The van der Waals surface area contributed by atoms with Crippen LogP contribution in [0.5, 0.6) is 11.5 Å². The summed E-state index contributed by atoms with van der Waals surface area (Å²) in [6, 6.07) is 24.1. The third-order valence-electron chi connectivity index (χ3n) is 3.87. The van der Waals surface area contributed by atoms with Crippen molar-refractivity contribution in [1.82, 2.24) is 0 Å². The van der Waals surface area contributed by atoms with Crippen LogP contribution in [0.15, 0.2) is 84.9 Å². The van der Waals surface area contributed by atoms with Crippen LogP contribution in [0, 0.1) is 0 Å². The number of phosphoric ester groups is 1. The van der Waals surface area contributed by atoms with Gasteiger partial charge in [-0.3, -0.25) is 9.69 Å². The summed E-state index contributed by atoms with van der Waals surface area (Å²) in [5, 5.41) is 0. The molecule has 1 atom stereocenters. The van der Waals surface area contributed by atoms with Crippen LogP contribution in [0.4, 0.5) is 0 Å². The van der Waals surface area contributed by atoms with Gasteiger partial charge >= 0.3 is 7.82 Å². The average molecular weight is 382 g/mol. The van der Waals surface area contributed by atoms with Crippen LogP contribution in [-0.2, 0) is 11.0 Å². The zero-order chi connectivity index (χ0) is 19.1. The van der Waals surface area contributed by atoms with E-state index >= 15 is 0 Å². The van der Waals surface area contributed by atoms with E-state index in [9.17, 15) is 14.3 Å². The summed E-state index contributed by atoms with van der Waals surface area (Å²) < 4.78 is 22.6. The Kier molecular flexibility index (Phi) is 6.07. The van der Waals surface area contributed by atoms with E-state index in [2.05, 4.69) is 0 Å². The van der Waals surface area contributed by atoms with Crippen LogP contribution in [0.2, 0.25) is 0 Å². The number of benzene rings is 3. The molecule has 0 radical (unpaired) electrons. The number of hydrogen-bond donors (Lipinski definition) is 1. The SMILES string of the molecule is O=C(CCc1ccccc1OP(=O)(O)Oc1ccccc1)c1ccccc1. The maximum atomic E-state index is 12.3. The maximum Gasteiger partial charge on any atom is 0.584 e. The zero-order valence-corrected chi connectivity index (χ0v) is 15.4. The number of ketones is 1. The second-order valence-corrected chi connectivity index (χ2v) is 7.16. The van der Waals surface area contributed by atoms with Crippen LogP contribution in [0.25, 0.3) is 0 Å². The normalized spacial score (nSPS) is 12.8. The number of hydrogen-bond acceptors (Lipinski definition) is 4. The number of carbonyl (C=O) groups excluding carboxylic acids is 1. The lowest BCUT2D eigenvalue weighted by Crippen LogP contribution is -2.04. The van der Waals surface area contributed by atoms with Gasteiger partial charge < -0.3 is 9.05 Å². The number of Topliss-reactive ketones (excluding diaryl/α,β-unsaturated/α-hetero) is 1. The van der Waals surface area contributed by atoms with Crippen molar-refractivity contribution < 1.29 is 23.3 Å². The lowest BCUT2D eigenvalue weighted by Gasteiger charge is -2.16. The first-order valence-corrected chi connectivity index (χ1v) is 9.96. The van der Waals surface area contributed by atoms with E-state index in [4.69, 9.17) is 9.05 Å². The van der Waals surface area contributed by atoms with Crippen LogP contribution < -0.4 is 9.05 Å². The maximum absolute atomic E-state index is 12.3. The Hall–Kier alpha value is -2.88. The molecule has 1 unspecified atom stereocenters. The number of para-hydroxylation sites is 2. The van der Waals surface area contributed by atoms with E-state index in [-0.39, 0.29) is 23.7 Å². The Bertz CT molecular complexity index is 941. The third-order valence-corrected chi connectivity index (χ3v) is 4.74. The highest BCUT2D eigenvalue weighted by atomic mass is 31.2. The predicted octanol–water partition coefficient (Wildman–Crippen LogP) is 5.06. The molecular weight excluding hydrogens is 363 g/mol. The molecule has 0 spiro atoms. The zero-order valence-electron chi connectivity index (χ0n) is 14.5. The van der Waals surface area contributed by atoms with Gasteiger partial charge in [-0.2, -0.15) is 0 Å². The molecule has 3 aromatic rings. The molecule has 5 nitrogen and oxygen atoms in total. The summed E-state index contributed by atoms with van der Waals surface area (Å²) in [5.74, 6) is 0.457. The Balaban J connectivity index is 1.68. The molecule has 3 aromatic carbocycles. The fraction of sp³-hybridized carbons (Fsp3) is 0.0952. The molecule has 1 N–H and O–H groups in total.